The van der Waals surface area contributed by atoms with Gasteiger partial charge in [-0.05, 0) is 0 Å². The summed E-state index contributed by atoms with van der Waals surface area (Å²) in [5.41, 5.74) is 8.06. The van der Waals surface area contributed by atoms with Gasteiger partial charge in [-0.25, -0.2) is 0 Å². The van der Waals surface area contributed by atoms with E-state index in [1.54, 1.807) is 4.40 Å². The molecule has 3 heterocycles. The molecule has 0 aliphatic heterocycles. The fourth-order valence-corrected chi connectivity index (χ4v) is 7.69. The maximum absolute atomic E-state index is 2.56. The summed E-state index contributed by atoms with van der Waals surface area (Å²) in [4.78, 5) is 0. The van der Waals surface area contributed by atoms with Crippen LogP contribution in [0, 0.1) is 13.8 Å². The van der Waals surface area contributed by atoms with E-state index < -0.39 is 13.3 Å². The molecular weight excluding hydrogens is 425 g/mol. The molecule has 6 aromatic rings. The molecule has 0 fully saturated rings. The summed E-state index contributed by atoms with van der Waals surface area (Å²) < 4.78 is 6.45. The molecule has 0 aliphatic rings. The van der Waals surface area contributed by atoms with Crippen LogP contribution in [-0.2, 0) is 7.05 Å². The van der Waals surface area contributed by atoms with Crippen LogP contribution >= 0.6 is 0 Å². The van der Waals surface area contributed by atoms with E-state index >= 15 is 0 Å². The standard InChI is InChI=1S/C27H27GeN2/c1-16-7-9-20-21-10-8-17(2)24-26(21)30(22(20)13-16)23-15-19(28(3,4)5)14-18-11-12-29(6)27(24)25(18)23/h7-15H,1-6H3/q+1. The monoisotopic (exact) mass is 453 g/mol. The number of aromatic nitrogens is 2. The molecule has 3 aromatic carbocycles. The molecule has 2 nitrogen and oxygen atoms in total. The zero-order valence-electron chi connectivity index (χ0n) is 18.6. The van der Waals surface area contributed by atoms with Crippen molar-refractivity contribution in [2.24, 2.45) is 7.05 Å². The topological polar surface area (TPSA) is 8.29 Å². The van der Waals surface area contributed by atoms with E-state index in [1.807, 2.05) is 0 Å². The van der Waals surface area contributed by atoms with Gasteiger partial charge in [-0.2, -0.15) is 0 Å². The molecule has 148 valence electrons. The number of hydrogen-bond acceptors (Lipinski definition) is 0. The molecule has 0 saturated carbocycles. The van der Waals surface area contributed by atoms with E-state index in [9.17, 15) is 0 Å². The van der Waals surface area contributed by atoms with Gasteiger partial charge in [0.25, 0.3) is 0 Å². The first kappa shape index (κ1) is 18.2. The second-order valence-corrected chi connectivity index (χ2v) is 20.6. The van der Waals surface area contributed by atoms with Crippen molar-refractivity contribution in [2.45, 2.75) is 31.1 Å². The molecule has 0 saturated heterocycles. The summed E-state index contributed by atoms with van der Waals surface area (Å²) in [5, 5.41) is 6.84. The van der Waals surface area contributed by atoms with E-state index in [4.69, 9.17) is 0 Å². The third-order valence-corrected chi connectivity index (χ3v) is 11.1. The first-order valence-electron chi connectivity index (χ1n) is 10.8. The van der Waals surface area contributed by atoms with Gasteiger partial charge < -0.3 is 0 Å². The van der Waals surface area contributed by atoms with Crippen LogP contribution in [0.1, 0.15) is 11.1 Å². The van der Waals surface area contributed by atoms with Gasteiger partial charge in [0.05, 0.1) is 0 Å². The van der Waals surface area contributed by atoms with Crippen LogP contribution in [0.25, 0.3) is 49.0 Å². The molecule has 0 atom stereocenters. The van der Waals surface area contributed by atoms with Crippen LogP contribution in [0.5, 0.6) is 0 Å². The first-order chi connectivity index (χ1) is 14.3. The number of aryl methyl sites for hydroxylation is 3. The van der Waals surface area contributed by atoms with Crippen molar-refractivity contribution < 1.29 is 4.57 Å². The van der Waals surface area contributed by atoms with Gasteiger partial charge in [-0.3, -0.25) is 0 Å². The summed E-state index contributed by atoms with van der Waals surface area (Å²) in [6, 6.07) is 18.8. The average molecular weight is 452 g/mol. The molecule has 30 heavy (non-hydrogen) atoms. The van der Waals surface area contributed by atoms with Crippen molar-refractivity contribution in [3.8, 4) is 0 Å². The van der Waals surface area contributed by atoms with Crippen molar-refractivity contribution in [1.82, 2.24) is 4.40 Å². The van der Waals surface area contributed by atoms with E-state index in [1.165, 1.54) is 60.1 Å². The maximum atomic E-state index is 2.56. The predicted octanol–water partition coefficient (Wildman–Crippen LogP) is 5.98. The summed E-state index contributed by atoms with van der Waals surface area (Å²) in [7, 11) is 2.19. The number of hydrogen-bond donors (Lipinski definition) is 0. The van der Waals surface area contributed by atoms with Gasteiger partial charge in [0.2, 0.25) is 0 Å². The van der Waals surface area contributed by atoms with Crippen LogP contribution in [0.4, 0.5) is 0 Å². The van der Waals surface area contributed by atoms with E-state index in [2.05, 4.69) is 102 Å². The Hall–Kier alpha value is -2.59. The normalized spacial score (nSPS) is 13.0. The third-order valence-electron chi connectivity index (χ3n) is 6.85. The number of benzene rings is 3. The number of pyridine rings is 2. The second-order valence-electron chi connectivity index (χ2n) is 9.99. The molecule has 0 N–H and O–H groups in total. The quantitative estimate of drug-likeness (QED) is 0.126. The Morgan fingerprint density at radius 2 is 1.57 bits per heavy atom. The third kappa shape index (κ3) is 2.23. The van der Waals surface area contributed by atoms with Crippen LogP contribution < -0.4 is 8.96 Å². The number of fused-ring (bicyclic) bond motifs is 5. The Morgan fingerprint density at radius 3 is 2.33 bits per heavy atom. The van der Waals surface area contributed by atoms with Gasteiger partial charge in [0, 0.05) is 0 Å². The minimum absolute atomic E-state index is 1.31. The predicted molar refractivity (Wildman–Crippen MR) is 132 cm³/mol. The Kier molecular flexibility index (Phi) is 3.50. The Morgan fingerprint density at radius 1 is 0.800 bits per heavy atom. The summed E-state index contributed by atoms with van der Waals surface area (Å²) in [6.45, 7) is 4.45. The van der Waals surface area contributed by atoms with Gasteiger partial charge in [0.15, 0.2) is 0 Å². The molecule has 3 aromatic heterocycles. The van der Waals surface area contributed by atoms with Crippen molar-refractivity contribution >= 4 is 66.7 Å². The summed E-state index contributed by atoms with van der Waals surface area (Å²) in [5.74, 6) is 7.48. The molecule has 0 aliphatic carbocycles. The van der Waals surface area contributed by atoms with Crippen molar-refractivity contribution in [3.05, 3.63) is 65.9 Å². The Bertz CT molecular complexity index is 1650. The van der Waals surface area contributed by atoms with Crippen molar-refractivity contribution in [2.75, 3.05) is 0 Å². The summed E-state index contributed by atoms with van der Waals surface area (Å²) >= 11 is -2.01. The van der Waals surface area contributed by atoms with Gasteiger partial charge in [-0.1, -0.05) is 0 Å². The molecule has 0 bridgehead atoms. The molecule has 0 amide bonds. The number of nitrogens with zero attached hydrogens (tertiary/aromatic N) is 2. The average Bonchev–Trinajstić information content (AvgIpc) is 3.01. The van der Waals surface area contributed by atoms with E-state index in [-0.39, 0.29) is 0 Å². The SMILES string of the molecule is Cc1ccc2c3ccc(C)c4c3n(c2c1)c1c[c]([Ge]([CH3])([CH3])[CH3])cc2cc[n+](C)c4c21. The molecule has 0 unspecified atom stereocenters. The van der Waals surface area contributed by atoms with Gasteiger partial charge >= 0.3 is 180 Å². The van der Waals surface area contributed by atoms with E-state index in [0.29, 0.717) is 0 Å². The fourth-order valence-electron chi connectivity index (χ4n) is 5.26. The molecule has 6 rings (SSSR count). The van der Waals surface area contributed by atoms with Crippen LogP contribution in [0.3, 0.4) is 0 Å². The van der Waals surface area contributed by atoms with E-state index in [0.717, 1.165) is 0 Å². The zero-order chi connectivity index (χ0) is 20.9. The molecule has 0 radical (unpaired) electrons. The molecular formula is C27H27GeN2+. The van der Waals surface area contributed by atoms with Crippen molar-refractivity contribution in [3.63, 3.8) is 0 Å². The zero-order valence-corrected chi connectivity index (χ0v) is 20.7. The molecule has 0 spiro atoms. The summed E-state index contributed by atoms with van der Waals surface area (Å²) in [6.07, 6.45) is 2.24. The minimum atomic E-state index is -2.01. The fraction of sp³-hybridized carbons (Fsp3) is 0.222. The van der Waals surface area contributed by atoms with Crippen LogP contribution in [0.2, 0.25) is 17.3 Å². The van der Waals surface area contributed by atoms with Gasteiger partial charge in [0.1, 0.15) is 0 Å². The Balaban J connectivity index is 2.07. The van der Waals surface area contributed by atoms with Crippen LogP contribution in [0.15, 0.2) is 54.7 Å². The van der Waals surface area contributed by atoms with Gasteiger partial charge in [-0.15, -0.1) is 0 Å². The van der Waals surface area contributed by atoms with Crippen molar-refractivity contribution in [1.29, 1.82) is 0 Å². The Labute approximate surface area is 179 Å². The first-order valence-corrected chi connectivity index (χ1v) is 18.1. The second kappa shape index (κ2) is 5.76. The molecule has 3 heteroatoms. The van der Waals surface area contributed by atoms with Crippen LogP contribution in [-0.4, -0.2) is 17.7 Å². The number of rotatable bonds is 1.